The van der Waals surface area contributed by atoms with E-state index < -0.39 is 24.1 Å². The number of anilines is 1. The smallest absolute Gasteiger partial charge is 0.343 e. The van der Waals surface area contributed by atoms with E-state index in [4.69, 9.17) is 21.1 Å². The van der Waals surface area contributed by atoms with E-state index in [0.717, 1.165) is 55.7 Å². The highest BCUT2D eigenvalue weighted by Gasteiger charge is 2.47. The normalized spacial score (nSPS) is 33.6. The molecule has 2 aliphatic carbocycles. The third kappa shape index (κ3) is 5.43. The predicted molar refractivity (Wildman–Crippen MR) is 171 cm³/mol. The SMILES string of the molecule is COC(=O)[C@@]1(O)CC(=O)N2CCC[C@H]2C/C=C/[C@H](O)[C@@H]2CC[C@H]2CN2C[C@@]3(CCCc4cc(Cl)ccc43)COc3ccc1cc32. The molecule has 45 heavy (non-hydrogen) atoms. The molecule has 0 unspecified atom stereocenters. The fraction of sp³-hybridized carbons (Fsp3) is 0.556. The molecule has 3 heterocycles. The minimum absolute atomic E-state index is 0.0340. The van der Waals surface area contributed by atoms with Gasteiger partial charge in [0.25, 0.3) is 0 Å². The van der Waals surface area contributed by atoms with Crippen LogP contribution in [0, 0.1) is 11.8 Å². The summed E-state index contributed by atoms with van der Waals surface area (Å²) in [4.78, 5) is 31.1. The molecule has 1 amide bonds. The molecule has 2 bridgehead atoms. The summed E-state index contributed by atoms with van der Waals surface area (Å²) in [5, 5.41) is 24.0. The highest BCUT2D eigenvalue weighted by Crippen LogP contribution is 2.47. The van der Waals surface area contributed by atoms with Gasteiger partial charge in [0.2, 0.25) is 5.91 Å². The Kier molecular flexibility index (Phi) is 8.11. The number of amides is 1. The molecular weight excluding hydrogens is 592 g/mol. The quantitative estimate of drug-likeness (QED) is 0.340. The maximum atomic E-state index is 13.7. The molecule has 7 rings (SSSR count). The Balaban J connectivity index is 1.34. The topological polar surface area (TPSA) is 99.5 Å². The standard InChI is InChI=1S/C36H43ClN2O6/c1-44-34(42)36(43)19-33(41)39-16-4-7-27(39)6-2-8-31(40)28-12-9-24(28)20-38-21-35(22-45-32-14-10-25(36)18-30(32)38)15-3-5-23-17-26(37)11-13-29(23)35/h2,8,10-11,13-14,17-18,24,27-28,31,40,43H,3-7,9,12,15-16,19-22H2,1H3/b8-2+/t24-,27+,28+,31-,35-,36+/m0/s1. The van der Waals surface area contributed by atoms with Crippen LogP contribution in [0.15, 0.2) is 48.6 Å². The number of halogens is 1. The molecule has 6 atom stereocenters. The number of carbonyl (C=O) groups excluding carboxylic acids is 2. The number of nitrogens with zero attached hydrogens (tertiary/aromatic N) is 2. The van der Waals surface area contributed by atoms with Crippen molar-refractivity contribution in [2.24, 2.45) is 11.8 Å². The van der Waals surface area contributed by atoms with Crippen LogP contribution in [-0.2, 0) is 31.8 Å². The van der Waals surface area contributed by atoms with E-state index in [-0.39, 0.29) is 29.2 Å². The maximum absolute atomic E-state index is 13.7. The zero-order chi connectivity index (χ0) is 31.3. The Bertz CT molecular complexity index is 1510. The molecule has 240 valence electrons. The Morgan fingerprint density at radius 3 is 2.80 bits per heavy atom. The first kappa shape index (κ1) is 30.6. The summed E-state index contributed by atoms with van der Waals surface area (Å²) in [5.74, 6) is -0.0733. The number of esters is 1. The molecule has 2 aromatic carbocycles. The van der Waals surface area contributed by atoms with E-state index in [1.807, 2.05) is 30.4 Å². The van der Waals surface area contributed by atoms with E-state index in [2.05, 4.69) is 17.0 Å². The molecule has 0 aromatic heterocycles. The molecule has 1 saturated carbocycles. The summed E-state index contributed by atoms with van der Waals surface area (Å²) < 4.78 is 11.7. The van der Waals surface area contributed by atoms with E-state index in [1.54, 1.807) is 11.0 Å². The Hall–Kier alpha value is -3.07. The molecule has 3 aliphatic heterocycles. The molecule has 8 nitrogen and oxygen atoms in total. The largest absolute Gasteiger partial charge is 0.490 e. The van der Waals surface area contributed by atoms with Crippen LogP contribution in [0.3, 0.4) is 0 Å². The van der Waals surface area contributed by atoms with Crippen LogP contribution in [0.1, 0.15) is 68.1 Å². The van der Waals surface area contributed by atoms with E-state index in [0.29, 0.717) is 44.0 Å². The number of ether oxygens (including phenoxy) is 2. The Morgan fingerprint density at radius 1 is 1.13 bits per heavy atom. The van der Waals surface area contributed by atoms with Gasteiger partial charge in [0.1, 0.15) is 5.75 Å². The molecule has 0 radical (unpaired) electrons. The van der Waals surface area contributed by atoms with Gasteiger partial charge in [0.05, 0.1) is 31.9 Å². The van der Waals surface area contributed by atoms with Gasteiger partial charge < -0.3 is 29.5 Å². The van der Waals surface area contributed by atoms with Crippen LogP contribution in [-0.4, -0.2) is 72.5 Å². The molecule has 2 aromatic rings. The fourth-order valence-corrected chi connectivity index (χ4v) is 8.83. The second-order valence-electron chi connectivity index (χ2n) is 13.9. The zero-order valence-electron chi connectivity index (χ0n) is 25.9. The number of fused-ring (bicyclic) bond motifs is 5. The van der Waals surface area contributed by atoms with Gasteiger partial charge in [-0.25, -0.2) is 4.79 Å². The molecule has 5 aliphatic rings. The molecule has 9 heteroatoms. The number of benzene rings is 2. The van der Waals surface area contributed by atoms with E-state index >= 15 is 0 Å². The summed E-state index contributed by atoms with van der Waals surface area (Å²) >= 11 is 6.42. The lowest BCUT2D eigenvalue weighted by molar-refractivity contribution is -0.168. The first-order valence-corrected chi connectivity index (χ1v) is 16.8. The number of methoxy groups -OCH3 is 1. The Labute approximate surface area is 269 Å². The van der Waals surface area contributed by atoms with Crippen molar-refractivity contribution in [3.8, 4) is 5.75 Å². The minimum Gasteiger partial charge on any atom is -0.490 e. The van der Waals surface area contributed by atoms with Gasteiger partial charge >= 0.3 is 5.97 Å². The lowest BCUT2D eigenvalue weighted by Gasteiger charge is -2.45. The van der Waals surface area contributed by atoms with Crippen LogP contribution in [0.25, 0.3) is 0 Å². The summed E-state index contributed by atoms with van der Waals surface area (Å²) in [6.45, 7) is 2.44. The van der Waals surface area contributed by atoms with Crippen molar-refractivity contribution in [3.05, 3.63) is 70.3 Å². The van der Waals surface area contributed by atoms with Gasteiger partial charge in [0, 0.05) is 36.1 Å². The number of aryl methyl sites for hydroxylation is 1. The predicted octanol–water partition coefficient (Wildman–Crippen LogP) is 4.90. The van der Waals surface area contributed by atoms with Gasteiger partial charge in [0.15, 0.2) is 5.60 Å². The molecule has 2 N–H and O–H groups in total. The molecule has 2 fully saturated rings. The van der Waals surface area contributed by atoms with E-state index in [9.17, 15) is 19.8 Å². The highest BCUT2D eigenvalue weighted by atomic mass is 35.5. The van der Waals surface area contributed by atoms with Crippen LogP contribution in [0.5, 0.6) is 5.75 Å². The first-order valence-electron chi connectivity index (χ1n) is 16.5. The average Bonchev–Trinajstić information content (AvgIpc) is 3.43. The summed E-state index contributed by atoms with van der Waals surface area (Å²) in [6, 6.07) is 11.5. The fourth-order valence-electron chi connectivity index (χ4n) is 8.63. The number of aliphatic hydroxyl groups is 2. The summed E-state index contributed by atoms with van der Waals surface area (Å²) in [5.41, 5.74) is 1.16. The maximum Gasteiger partial charge on any atom is 0.343 e. The zero-order valence-corrected chi connectivity index (χ0v) is 26.7. The highest BCUT2D eigenvalue weighted by molar-refractivity contribution is 6.30. The molecule has 1 saturated heterocycles. The van der Waals surface area contributed by atoms with Crippen molar-refractivity contribution < 1.29 is 29.3 Å². The van der Waals surface area contributed by atoms with Crippen LogP contribution >= 0.6 is 11.6 Å². The average molecular weight is 635 g/mol. The summed E-state index contributed by atoms with van der Waals surface area (Å²) in [6.07, 6.45) is 10.2. The van der Waals surface area contributed by atoms with Gasteiger partial charge in [-0.1, -0.05) is 35.9 Å². The molecular formula is C36H43ClN2O6. The van der Waals surface area contributed by atoms with Crippen molar-refractivity contribution in [2.75, 3.05) is 38.3 Å². The third-order valence-corrected chi connectivity index (χ3v) is 11.5. The first-order chi connectivity index (χ1) is 21.7. The summed E-state index contributed by atoms with van der Waals surface area (Å²) in [7, 11) is 1.24. The van der Waals surface area contributed by atoms with Gasteiger partial charge in [-0.3, -0.25) is 4.79 Å². The van der Waals surface area contributed by atoms with Gasteiger partial charge in [-0.2, -0.15) is 0 Å². The van der Waals surface area contributed by atoms with Crippen molar-refractivity contribution in [1.29, 1.82) is 0 Å². The van der Waals surface area contributed by atoms with Crippen LogP contribution < -0.4 is 9.64 Å². The number of rotatable bonds is 1. The van der Waals surface area contributed by atoms with Crippen molar-refractivity contribution >= 4 is 29.2 Å². The van der Waals surface area contributed by atoms with Crippen molar-refractivity contribution in [1.82, 2.24) is 4.90 Å². The second-order valence-corrected chi connectivity index (χ2v) is 14.3. The van der Waals surface area contributed by atoms with Crippen molar-refractivity contribution in [2.45, 2.75) is 80.9 Å². The van der Waals surface area contributed by atoms with Crippen LogP contribution in [0.2, 0.25) is 5.02 Å². The van der Waals surface area contributed by atoms with E-state index in [1.165, 1.54) is 18.2 Å². The number of carbonyl (C=O) groups is 2. The lowest BCUT2D eigenvalue weighted by Crippen LogP contribution is -2.49. The number of aliphatic hydroxyl groups excluding tert-OH is 1. The Morgan fingerprint density at radius 2 is 2.00 bits per heavy atom. The number of hydrogen-bond acceptors (Lipinski definition) is 7. The molecule has 1 spiro atoms. The minimum atomic E-state index is -2.15. The monoisotopic (exact) mass is 634 g/mol. The lowest BCUT2D eigenvalue weighted by atomic mass is 9.68. The van der Waals surface area contributed by atoms with Crippen LogP contribution in [0.4, 0.5) is 5.69 Å². The van der Waals surface area contributed by atoms with Crippen molar-refractivity contribution in [3.63, 3.8) is 0 Å². The second kappa shape index (κ2) is 11.9. The van der Waals surface area contributed by atoms with Gasteiger partial charge in [-0.05, 0) is 104 Å². The third-order valence-electron chi connectivity index (χ3n) is 11.3. The number of hydrogen-bond donors (Lipinski definition) is 2. The van der Waals surface area contributed by atoms with Gasteiger partial charge in [-0.15, -0.1) is 0 Å².